The van der Waals surface area contributed by atoms with Crippen LogP contribution >= 0.6 is 0 Å². The van der Waals surface area contributed by atoms with Crippen LogP contribution in [-0.4, -0.2) is 24.7 Å². The van der Waals surface area contributed by atoms with Gasteiger partial charge in [0.05, 0.1) is 11.8 Å². The fourth-order valence-corrected chi connectivity index (χ4v) is 3.51. The number of ether oxygens (including phenoxy) is 2. The normalized spacial score (nSPS) is 10.7. The lowest BCUT2D eigenvalue weighted by Crippen LogP contribution is -2.24. The van der Waals surface area contributed by atoms with Crippen molar-refractivity contribution in [2.45, 2.75) is 6.42 Å². The summed E-state index contributed by atoms with van der Waals surface area (Å²) < 4.78 is 11.1. The first kappa shape index (κ1) is 23.4. The average Bonchev–Trinajstić information content (AvgIpc) is 2.89. The molecule has 0 heterocycles. The van der Waals surface area contributed by atoms with Gasteiger partial charge < -0.3 is 9.47 Å². The molecule has 0 aromatic heterocycles. The van der Waals surface area contributed by atoms with E-state index in [-0.39, 0.29) is 12.5 Å². The van der Waals surface area contributed by atoms with E-state index in [4.69, 9.17) is 9.47 Å². The van der Waals surface area contributed by atoms with Crippen LogP contribution in [0.15, 0.2) is 109 Å². The maximum atomic E-state index is 12.7. The van der Waals surface area contributed by atoms with Gasteiger partial charge in [-0.15, -0.1) is 6.58 Å². The zero-order valence-electron chi connectivity index (χ0n) is 19.0. The van der Waals surface area contributed by atoms with Crippen molar-refractivity contribution in [1.82, 2.24) is 5.43 Å². The SMILES string of the molecule is C=CCc1ccccc1OCC(=O)N/N=C/c1ccc(OC(=O)c2cccc3ccccc23)cc1. The summed E-state index contributed by atoms with van der Waals surface area (Å²) >= 11 is 0. The van der Waals surface area contributed by atoms with Crippen LogP contribution in [0.5, 0.6) is 11.5 Å². The van der Waals surface area contributed by atoms with E-state index in [1.54, 1.807) is 36.4 Å². The van der Waals surface area contributed by atoms with Gasteiger partial charge >= 0.3 is 5.97 Å². The van der Waals surface area contributed by atoms with Crippen LogP contribution in [0.3, 0.4) is 0 Å². The van der Waals surface area contributed by atoms with Gasteiger partial charge in [0, 0.05) is 0 Å². The van der Waals surface area contributed by atoms with E-state index in [9.17, 15) is 9.59 Å². The van der Waals surface area contributed by atoms with Crippen molar-refractivity contribution in [2.75, 3.05) is 6.61 Å². The van der Waals surface area contributed by atoms with Gasteiger partial charge in [0.2, 0.25) is 0 Å². The van der Waals surface area contributed by atoms with Gasteiger partial charge in [-0.05, 0) is 64.7 Å². The van der Waals surface area contributed by atoms with E-state index in [2.05, 4.69) is 17.1 Å². The van der Waals surface area contributed by atoms with Crippen LogP contribution in [0.4, 0.5) is 0 Å². The molecule has 6 heteroatoms. The number of para-hydroxylation sites is 1. The maximum absolute atomic E-state index is 12.7. The van der Waals surface area contributed by atoms with Gasteiger partial charge in [-0.3, -0.25) is 4.79 Å². The molecular weight excluding hydrogens is 440 g/mol. The first-order valence-corrected chi connectivity index (χ1v) is 11.1. The Bertz CT molecular complexity index is 1370. The first-order valence-electron chi connectivity index (χ1n) is 11.1. The molecule has 0 fully saturated rings. The summed E-state index contributed by atoms with van der Waals surface area (Å²) in [5, 5.41) is 5.77. The number of rotatable bonds is 9. The zero-order chi connectivity index (χ0) is 24.5. The second-order valence-electron chi connectivity index (χ2n) is 7.67. The molecular formula is C29H24N2O4. The quantitative estimate of drug-likeness (QED) is 0.120. The molecule has 0 radical (unpaired) electrons. The van der Waals surface area contributed by atoms with Crippen LogP contribution in [-0.2, 0) is 11.2 Å². The van der Waals surface area contributed by atoms with Crippen molar-refractivity contribution in [1.29, 1.82) is 0 Å². The molecule has 35 heavy (non-hydrogen) atoms. The minimum atomic E-state index is -0.426. The number of hydrogen-bond acceptors (Lipinski definition) is 5. The molecule has 0 bridgehead atoms. The summed E-state index contributed by atoms with van der Waals surface area (Å²) in [6.45, 7) is 3.57. The molecule has 0 spiro atoms. The number of carbonyl (C=O) groups is 2. The Labute approximate surface area is 203 Å². The van der Waals surface area contributed by atoms with Crippen LogP contribution in [0.2, 0.25) is 0 Å². The molecule has 0 atom stereocenters. The molecule has 4 rings (SSSR count). The third-order valence-electron chi connectivity index (χ3n) is 5.20. The number of fused-ring (bicyclic) bond motifs is 1. The number of benzene rings is 4. The third kappa shape index (κ3) is 6.21. The predicted molar refractivity (Wildman–Crippen MR) is 137 cm³/mol. The predicted octanol–water partition coefficient (Wildman–Crippen LogP) is 5.32. The Morgan fingerprint density at radius 1 is 0.886 bits per heavy atom. The Hall–Kier alpha value is -4.71. The number of hydrogen-bond donors (Lipinski definition) is 1. The third-order valence-corrected chi connectivity index (χ3v) is 5.20. The minimum absolute atomic E-state index is 0.158. The number of allylic oxidation sites excluding steroid dienone is 1. The minimum Gasteiger partial charge on any atom is -0.483 e. The molecule has 4 aromatic rings. The summed E-state index contributed by atoms with van der Waals surface area (Å²) in [5.41, 5.74) is 4.63. The van der Waals surface area contributed by atoms with Crippen molar-refractivity contribution in [3.8, 4) is 11.5 Å². The molecule has 0 saturated carbocycles. The van der Waals surface area contributed by atoms with Crippen molar-refractivity contribution >= 4 is 28.9 Å². The van der Waals surface area contributed by atoms with Crippen LogP contribution in [0.1, 0.15) is 21.5 Å². The van der Waals surface area contributed by atoms with E-state index < -0.39 is 5.97 Å². The number of amides is 1. The second kappa shape index (κ2) is 11.4. The van der Waals surface area contributed by atoms with Gasteiger partial charge in [-0.2, -0.15) is 5.10 Å². The first-order chi connectivity index (χ1) is 17.1. The lowest BCUT2D eigenvalue weighted by atomic mass is 10.0. The largest absolute Gasteiger partial charge is 0.483 e. The monoisotopic (exact) mass is 464 g/mol. The van der Waals surface area contributed by atoms with Gasteiger partial charge in [0.1, 0.15) is 11.5 Å². The molecule has 1 N–H and O–H groups in total. The Kier molecular flexibility index (Phi) is 7.66. The zero-order valence-corrected chi connectivity index (χ0v) is 19.0. The number of hydrazone groups is 1. The number of nitrogens with zero attached hydrogens (tertiary/aromatic N) is 1. The van der Waals surface area contributed by atoms with E-state index >= 15 is 0 Å². The highest BCUT2D eigenvalue weighted by molar-refractivity contribution is 6.05. The van der Waals surface area contributed by atoms with Gasteiger partial charge in [-0.25, -0.2) is 10.2 Å². The highest BCUT2D eigenvalue weighted by Gasteiger charge is 2.12. The lowest BCUT2D eigenvalue weighted by Gasteiger charge is -2.09. The maximum Gasteiger partial charge on any atom is 0.344 e. The standard InChI is InChI=1S/C29H24N2O4/c1-2-8-23-10-4-6-14-27(23)34-20-28(32)31-30-19-21-15-17-24(18-16-21)35-29(33)26-13-7-11-22-9-3-5-12-25(22)26/h2-7,9-19H,1,8,20H2,(H,31,32)/b30-19+. The van der Waals surface area contributed by atoms with Gasteiger partial charge in [0.15, 0.2) is 6.61 Å². The smallest absolute Gasteiger partial charge is 0.344 e. The van der Waals surface area contributed by atoms with E-state index in [0.29, 0.717) is 23.5 Å². The Balaban J connectivity index is 1.29. The summed E-state index contributed by atoms with van der Waals surface area (Å²) in [5.74, 6) is 0.247. The highest BCUT2D eigenvalue weighted by atomic mass is 16.5. The summed E-state index contributed by atoms with van der Waals surface area (Å²) in [7, 11) is 0. The molecule has 4 aromatic carbocycles. The van der Waals surface area contributed by atoms with Gasteiger partial charge in [0.25, 0.3) is 5.91 Å². The van der Waals surface area contributed by atoms with Gasteiger partial charge in [-0.1, -0.05) is 60.7 Å². The average molecular weight is 465 g/mol. The molecule has 0 unspecified atom stereocenters. The lowest BCUT2D eigenvalue weighted by molar-refractivity contribution is -0.123. The summed E-state index contributed by atoms with van der Waals surface area (Å²) in [6, 6.07) is 27.5. The van der Waals surface area contributed by atoms with Crippen LogP contribution in [0.25, 0.3) is 10.8 Å². The molecule has 174 valence electrons. The fraction of sp³-hybridized carbons (Fsp3) is 0.0690. The molecule has 0 aliphatic rings. The van der Waals surface area contributed by atoms with Crippen molar-refractivity contribution in [3.05, 3.63) is 120 Å². The van der Waals surface area contributed by atoms with Crippen molar-refractivity contribution in [2.24, 2.45) is 5.10 Å². The van der Waals surface area contributed by atoms with E-state index in [1.165, 1.54) is 6.21 Å². The number of carbonyl (C=O) groups excluding carboxylic acids is 2. The second-order valence-corrected chi connectivity index (χ2v) is 7.67. The van der Waals surface area contributed by atoms with Crippen molar-refractivity contribution in [3.63, 3.8) is 0 Å². The fourth-order valence-electron chi connectivity index (χ4n) is 3.51. The topological polar surface area (TPSA) is 77.0 Å². The Morgan fingerprint density at radius 2 is 1.63 bits per heavy atom. The molecule has 0 aliphatic heterocycles. The summed E-state index contributed by atoms with van der Waals surface area (Å²) in [6.07, 6.45) is 3.94. The van der Waals surface area contributed by atoms with Crippen molar-refractivity contribution < 1.29 is 19.1 Å². The van der Waals surface area contributed by atoms with Crippen LogP contribution < -0.4 is 14.9 Å². The molecule has 0 saturated heterocycles. The molecule has 1 amide bonds. The van der Waals surface area contributed by atoms with E-state index in [1.807, 2.05) is 60.7 Å². The molecule has 0 aliphatic carbocycles. The number of esters is 1. The number of nitrogens with one attached hydrogen (secondary N) is 1. The van der Waals surface area contributed by atoms with E-state index in [0.717, 1.165) is 21.9 Å². The summed E-state index contributed by atoms with van der Waals surface area (Å²) in [4.78, 5) is 24.7. The highest BCUT2D eigenvalue weighted by Crippen LogP contribution is 2.21. The molecule has 6 nitrogen and oxygen atoms in total. The van der Waals surface area contributed by atoms with Crippen LogP contribution in [0, 0.1) is 0 Å². The Morgan fingerprint density at radius 3 is 2.46 bits per heavy atom.